The highest BCUT2D eigenvalue weighted by atomic mass is 16.5. The molecule has 0 fully saturated rings. The van der Waals surface area contributed by atoms with E-state index in [-0.39, 0.29) is 23.5 Å². The molecular formula is C21H18N4O3. The van der Waals surface area contributed by atoms with Crippen molar-refractivity contribution in [3.63, 3.8) is 0 Å². The molecule has 0 unspecified atom stereocenters. The summed E-state index contributed by atoms with van der Waals surface area (Å²) < 4.78 is 7.17. The van der Waals surface area contributed by atoms with Crippen LogP contribution in [0.2, 0.25) is 0 Å². The van der Waals surface area contributed by atoms with Gasteiger partial charge in [-0.2, -0.15) is 0 Å². The first kappa shape index (κ1) is 17.5. The van der Waals surface area contributed by atoms with Gasteiger partial charge in [0.2, 0.25) is 11.4 Å². The summed E-state index contributed by atoms with van der Waals surface area (Å²) >= 11 is 0. The Morgan fingerprint density at radius 3 is 2.68 bits per heavy atom. The highest BCUT2D eigenvalue weighted by Crippen LogP contribution is 2.15. The van der Waals surface area contributed by atoms with Crippen molar-refractivity contribution in [3.8, 4) is 5.75 Å². The number of imidazole rings is 1. The van der Waals surface area contributed by atoms with Crippen molar-refractivity contribution >= 4 is 22.9 Å². The van der Waals surface area contributed by atoms with Crippen molar-refractivity contribution in [2.45, 2.75) is 6.61 Å². The Bertz CT molecular complexity index is 1160. The molecule has 0 atom stereocenters. The van der Waals surface area contributed by atoms with Crippen LogP contribution in [-0.2, 0) is 13.7 Å². The van der Waals surface area contributed by atoms with Gasteiger partial charge in [-0.25, -0.2) is 4.98 Å². The summed E-state index contributed by atoms with van der Waals surface area (Å²) in [6, 6.07) is 18.3. The summed E-state index contributed by atoms with van der Waals surface area (Å²) in [5.41, 5.74) is 2.37. The van der Waals surface area contributed by atoms with E-state index in [2.05, 4.69) is 15.3 Å². The van der Waals surface area contributed by atoms with E-state index < -0.39 is 5.91 Å². The number of anilines is 1. The van der Waals surface area contributed by atoms with E-state index >= 15 is 0 Å². The monoisotopic (exact) mass is 374 g/mol. The lowest BCUT2D eigenvalue weighted by molar-refractivity contribution is 0.101. The maximum atomic E-state index is 12.6. The maximum absolute atomic E-state index is 12.6. The number of amides is 1. The van der Waals surface area contributed by atoms with Gasteiger partial charge in [0.15, 0.2) is 5.75 Å². The van der Waals surface area contributed by atoms with Crippen molar-refractivity contribution in [2.75, 3.05) is 5.32 Å². The van der Waals surface area contributed by atoms with Gasteiger partial charge in [-0.15, -0.1) is 0 Å². The quantitative estimate of drug-likeness (QED) is 0.562. The highest BCUT2D eigenvalue weighted by Gasteiger charge is 2.14. The minimum atomic E-state index is -0.437. The number of aryl methyl sites for hydroxylation is 1. The van der Waals surface area contributed by atoms with Crippen LogP contribution in [0.1, 0.15) is 16.1 Å². The Balaban J connectivity index is 1.52. The average Bonchev–Trinajstić information content (AvgIpc) is 3.11. The van der Waals surface area contributed by atoms with E-state index in [4.69, 9.17) is 4.74 Å². The smallest absolute Gasteiger partial charge is 0.274 e. The zero-order valence-corrected chi connectivity index (χ0v) is 15.2. The van der Waals surface area contributed by atoms with Gasteiger partial charge < -0.3 is 14.3 Å². The number of para-hydroxylation sites is 2. The molecule has 2 N–H and O–H groups in total. The number of fused-ring (bicyclic) bond motifs is 1. The van der Waals surface area contributed by atoms with E-state index in [9.17, 15) is 9.59 Å². The molecule has 0 radical (unpaired) electrons. The number of hydrogen-bond donors (Lipinski definition) is 2. The van der Waals surface area contributed by atoms with Crippen molar-refractivity contribution in [1.82, 2.24) is 14.5 Å². The van der Waals surface area contributed by atoms with Crippen LogP contribution in [0.25, 0.3) is 11.0 Å². The Kier molecular flexibility index (Phi) is 4.63. The van der Waals surface area contributed by atoms with Gasteiger partial charge in [0.1, 0.15) is 12.3 Å². The summed E-state index contributed by atoms with van der Waals surface area (Å²) in [6.07, 6.45) is 1.51. The van der Waals surface area contributed by atoms with Crippen molar-refractivity contribution in [1.29, 1.82) is 0 Å². The number of benzene rings is 2. The third kappa shape index (κ3) is 3.64. The van der Waals surface area contributed by atoms with Gasteiger partial charge >= 0.3 is 0 Å². The zero-order chi connectivity index (χ0) is 19.5. The molecular weight excluding hydrogens is 356 g/mol. The Labute approximate surface area is 160 Å². The molecule has 7 heteroatoms. The molecule has 1 amide bonds. The second-order valence-corrected chi connectivity index (χ2v) is 6.33. The average molecular weight is 374 g/mol. The normalized spacial score (nSPS) is 10.8. The van der Waals surface area contributed by atoms with Crippen LogP contribution in [0.3, 0.4) is 0 Å². The molecule has 140 valence electrons. The molecule has 28 heavy (non-hydrogen) atoms. The lowest BCUT2D eigenvalue weighted by Crippen LogP contribution is -2.22. The number of carbonyl (C=O) groups is 1. The molecule has 4 aromatic rings. The fraction of sp³-hybridized carbons (Fsp3) is 0.0952. The number of aromatic amines is 1. The van der Waals surface area contributed by atoms with Gasteiger partial charge in [-0.05, 0) is 17.7 Å². The fourth-order valence-corrected chi connectivity index (χ4v) is 2.86. The van der Waals surface area contributed by atoms with Crippen molar-refractivity contribution < 1.29 is 9.53 Å². The predicted molar refractivity (Wildman–Crippen MR) is 107 cm³/mol. The highest BCUT2D eigenvalue weighted by molar-refractivity contribution is 6.02. The Morgan fingerprint density at radius 1 is 1.14 bits per heavy atom. The zero-order valence-electron chi connectivity index (χ0n) is 15.2. The maximum Gasteiger partial charge on any atom is 0.274 e. The summed E-state index contributed by atoms with van der Waals surface area (Å²) in [5.74, 6) is 0.0722. The fourth-order valence-electron chi connectivity index (χ4n) is 2.86. The molecule has 0 saturated heterocycles. The third-order valence-corrected chi connectivity index (χ3v) is 4.29. The van der Waals surface area contributed by atoms with Gasteiger partial charge in [0.05, 0.1) is 17.2 Å². The molecule has 0 bridgehead atoms. The van der Waals surface area contributed by atoms with Gasteiger partial charge in [0.25, 0.3) is 5.91 Å². The number of hydrogen-bond acceptors (Lipinski definition) is 4. The lowest BCUT2D eigenvalue weighted by atomic mass is 10.2. The minimum absolute atomic E-state index is 0.187. The molecule has 0 spiro atoms. The molecule has 2 aromatic heterocycles. The second kappa shape index (κ2) is 7.40. The lowest BCUT2D eigenvalue weighted by Gasteiger charge is -2.11. The van der Waals surface area contributed by atoms with Crippen LogP contribution in [-0.4, -0.2) is 20.4 Å². The standard InChI is InChI=1S/C21H18N4O3/c1-25-12-19(28-13-14-7-3-2-4-8-14)18(26)11-17(25)20(27)24-21-22-15-9-5-6-10-16(15)23-21/h2-12H,13H2,1H3,(H2,22,23,24,27). The predicted octanol–water partition coefficient (Wildman–Crippen LogP) is 3.09. The molecule has 7 nitrogen and oxygen atoms in total. The number of rotatable bonds is 5. The van der Waals surface area contributed by atoms with Crippen molar-refractivity contribution in [3.05, 3.63) is 88.3 Å². The summed E-state index contributed by atoms with van der Waals surface area (Å²) in [6.45, 7) is 0.278. The van der Waals surface area contributed by atoms with Gasteiger partial charge in [-0.1, -0.05) is 42.5 Å². The first-order valence-corrected chi connectivity index (χ1v) is 8.73. The number of nitrogens with one attached hydrogen (secondary N) is 2. The van der Waals surface area contributed by atoms with E-state index in [1.807, 2.05) is 54.6 Å². The molecule has 0 aliphatic rings. The first-order chi connectivity index (χ1) is 13.6. The van der Waals surface area contributed by atoms with Crippen molar-refractivity contribution in [2.24, 2.45) is 7.05 Å². The molecule has 0 saturated carbocycles. The summed E-state index contributed by atoms with van der Waals surface area (Å²) in [7, 11) is 1.68. The number of carbonyl (C=O) groups excluding carboxylic acids is 1. The van der Waals surface area contributed by atoms with E-state index in [0.29, 0.717) is 5.95 Å². The summed E-state index contributed by atoms with van der Waals surface area (Å²) in [4.78, 5) is 32.3. The van der Waals surface area contributed by atoms with Crippen LogP contribution in [0, 0.1) is 0 Å². The van der Waals surface area contributed by atoms with Crippen LogP contribution in [0.4, 0.5) is 5.95 Å². The van der Waals surface area contributed by atoms with E-state index in [1.165, 1.54) is 12.3 Å². The molecule has 2 aromatic carbocycles. The Hall–Kier alpha value is -3.87. The number of nitrogens with zero attached hydrogens (tertiary/aromatic N) is 2. The van der Waals surface area contributed by atoms with Gasteiger partial charge in [0, 0.05) is 13.1 Å². The van der Waals surface area contributed by atoms with Crippen LogP contribution in [0.5, 0.6) is 5.75 Å². The number of ether oxygens (including phenoxy) is 1. The van der Waals surface area contributed by atoms with E-state index in [0.717, 1.165) is 16.6 Å². The molecule has 0 aliphatic heterocycles. The van der Waals surface area contributed by atoms with Crippen LogP contribution in [0.15, 0.2) is 71.7 Å². The van der Waals surface area contributed by atoms with Crippen LogP contribution >= 0.6 is 0 Å². The van der Waals surface area contributed by atoms with E-state index in [1.54, 1.807) is 11.6 Å². The SMILES string of the molecule is Cn1cc(OCc2ccccc2)c(=O)cc1C(=O)Nc1nc2ccccc2[nH]1. The minimum Gasteiger partial charge on any atom is -0.483 e. The van der Waals surface area contributed by atoms with Gasteiger partial charge in [-0.3, -0.25) is 14.9 Å². The topological polar surface area (TPSA) is 89.0 Å². The molecule has 2 heterocycles. The number of pyridine rings is 1. The summed E-state index contributed by atoms with van der Waals surface area (Å²) in [5, 5.41) is 2.69. The molecule has 4 rings (SSSR count). The Morgan fingerprint density at radius 2 is 1.89 bits per heavy atom. The third-order valence-electron chi connectivity index (χ3n) is 4.29. The second-order valence-electron chi connectivity index (χ2n) is 6.33. The number of aromatic nitrogens is 3. The first-order valence-electron chi connectivity index (χ1n) is 8.73. The largest absolute Gasteiger partial charge is 0.483 e. The van der Waals surface area contributed by atoms with Crippen LogP contribution < -0.4 is 15.5 Å². The molecule has 0 aliphatic carbocycles. The number of H-pyrrole nitrogens is 1.